The summed E-state index contributed by atoms with van der Waals surface area (Å²) in [5.74, 6) is -0.0199. The molecule has 5 heteroatoms. The van der Waals surface area contributed by atoms with E-state index in [1.54, 1.807) is 0 Å². The largest absolute Gasteiger partial charge is 0.399 e. The number of carbonyl (C=O) groups excluding carboxylic acids is 1. The van der Waals surface area contributed by atoms with Crippen LogP contribution in [0.25, 0.3) is 0 Å². The summed E-state index contributed by atoms with van der Waals surface area (Å²) in [4.78, 5) is 12.6. The van der Waals surface area contributed by atoms with Gasteiger partial charge in [0.25, 0.3) is 5.91 Å². The Morgan fingerprint density at radius 3 is 2.83 bits per heavy atom. The van der Waals surface area contributed by atoms with Crippen molar-refractivity contribution in [1.29, 1.82) is 0 Å². The van der Waals surface area contributed by atoms with Crippen LogP contribution in [-0.4, -0.2) is 5.91 Å². The number of hydrogen-bond donors (Lipinski definition) is 2. The van der Waals surface area contributed by atoms with E-state index in [1.165, 1.54) is 11.1 Å². The second-order valence-electron chi connectivity index (χ2n) is 5.84. The van der Waals surface area contributed by atoms with E-state index in [4.69, 9.17) is 5.73 Å². The van der Waals surface area contributed by atoms with E-state index in [2.05, 4.69) is 21.2 Å². The van der Waals surface area contributed by atoms with Gasteiger partial charge in [-0.3, -0.25) is 4.79 Å². The first-order valence-electron chi connectivity index (χ1n) is 7.50. The third kappa shape index (κ3) is 3.88. The van der Waals surface area contributed by atoms with Crippen LogP contribution in [0.4, 0.5) is 5.69 Å². The van der Waals surface area contributed by atoms with Gasteiger partial charge in [-0.05, 0) is 67.1 Å². The molecular formula is C18H20BrClN2O. The van der Waals surface area contributed by atoms with Gasteiger partial charge in [-0.1, -0.05) is 28.1 Å². The fourth-order valence-corrected chi connectivity index (χ4v) is 3.42. The quantitative estimate of drug-likeness (QED) is 0.732. The van der Waals surface area contributed by atoms with Gasteiger partial charge in [0.05, 0.1) is 6.04 Å². The Morgan fingerprint density at radius 1 is 1.26 bits per heavy atom. The zero-order valence-electron chi connectivity index (χ0n) is 12.9. The Kier molecular flexibility index (Phi) is 5.71. The zero-order valence-corrected chi connectivity index (χ0v) is 15.3. The standard InChI is InChI=1S/C18H19BrN2O.ClH/c1-11-5-6-13(19)10-16(11)18(22)21-17-4-2-3-12-9-14(20)7-8-15(12)17;/h5-10,17H,2-4,20H2,1H3,(H,21,22);1H. The predicted octanol–water partition coefficient (Wildman–Crippen LogP) is 4.57. The molecule has 3 rings (SSSR count). The van der Waals surface area contributed by atoms with Crippen LogP contribution in [0.2, 0.25) is 0 Å². The van der Waals surface area contributed by atoms with Gasteiger partial charge in [-0.25, -0.2) is 0 Å². The SMILES string of the molecule is Cc1ccc(Br)cc1C(=O)NC1CCCc2cc(N)ccc21.Cl. The van der Waals surface area contributed by atoms with E-state index < -0.39 is 0 Å². The molecule has 0 heterocycles. The highest BCUT2D eigenvalue weighted by Crippen LogP contribution is 2.31. The average molecular weight is 396 g/mol. The van der Waals surface area contributed by atoms with Crippen LogP contribution in [0.3, 0.4) is 0 Å². The Labute approximate surface area is 151 Å². The minimum atomic E-state index is -0.0199. The summed E-state index contributed by atoms with van der Waals surface area (Å²) in [6.07, 6.45) is 3.07. The number of nitrogens with one attached hydrogen (secondary N) is 1. The van der Waals surface area contributed by atoms with Crippen molar-refractivity contribution in [2.24, 2.45) is 0 Å². The van der Waals surface area contributed by atoms with Gasteiger partial charge >= 0.3 is 0 Å². The van der Waals surface area contributed by atoms with Crippen molar-refractivity contribution < 1.29 is 4.79 Å². The zero-order chi connectivity index (χ0) is 15.7. The maximum Gasteiger partial charge on any atom is 0.252 e. The maximum atomic E-state index is 12.6. The molecule has 0 saturated carbocycles. The molecule has 2 aromatic carbocycles. The molecule has 0 aromatic heterocycles. The van der Waals surface area contributed by atoms with Crippen molar-refractivity contribution in [2.75, 3.05) is 5.73 Å². The van der Waals surface area contributed by atoms with Crippen LogP contribution in [-0.2, 0) is 6.42 Å². The van der Waals surface area contributed by atoms with Crippen molar-refractivity contribution in [3.8, 4) is 0 Å². The smallest absolute Gasteiger partial charge is 0.252 e. The number of anilines is 1. The third-order valence-corrected chi connectivity index (χ3v) is 4.72. The van der Waals surface area contributed by atoms with E-state index in [9.17, 15) is 4.79 Å². The molecule has 2 aromatic rings. The van der Waals surface area contributed by atoms with E-state index in [1.807, 2.05) is 43.3 Å². The molecule has 3 nitrogen and oxygen atoms in total. The van der Waals surface area contributed by atoms with Crippen molar-refractivity contribution in [3.63, 3.8) is 0 Å². The highest BCUT2D eigenvalue weighted by Gasteiger charge is 2.23. The molecule has 0 bridgehead atoms. The number of nitrogen functional groups attached to an aromatic ring is 1. The fourth-order valence-electron chi connectivity index (χ4n) is 3.06. The van der Waals surface area contributed by atoms with Crippen LogP contribution in [0.15, 0.2) is 40.9 Å². The molecule has 0 radical (unpaired) electrons. The van der Waals surface area contributed by atoms with Crippen LogP contribution in [0.5, 0.6) is 0 Å². The Bertz CT molecular complexity index is 733. The Balaban J connectivity index is 0.00000192. The summed E-state index contributed by atoms with van der Waals surface area (Å²) in [5, 5.41) is 3.18. The molecule has 1 unspecified atom stereocenters. The van der Waals surface area contributed by atoms with Crippen molar-refractivity contribution in [1.82, 2.24) is 5.32 Å². The van der Waals surface area contributed by atoms with Gasteiger partial charge in [0.15, 0.2) is 0 Å². The molecule has 0 aliphatic heterocycles. The van der Waals surface area contributed by atoms with Crippen LogP contribution in [0, 0.1) is 6.92 Å². The lowest BCUT2D eigenvalue weighted by Crippen LogP contribution is -2.31. The van der Waals surface area contributed by atoms with Crippen LogP contribution in [0.1, 0.15) is 45.9 Å². The molecule has 1 aliphatic rings. The first kappa shape index (κ1) is 17.8. The molecular weight excluding hydrogens is 376 g/mol. The van der Waals surface area contributed by atoms with Gasteiger partial charge in [-0.15, -0.1) is 12.4 Å². The first-order chi connectivity index (χ1) is 10.5. The van der Waals surface area contributed by atoms with Crippen molar-refractivity contribution >= 4 is 39.9 Å². The van der Waals surface area contributed by atoms with E-state index in [0.29, 0.717) is 0 Å². The lowest BCUT2D eigenvalue weighted by molar-refractivity contribution is 0.0932. The van der Waals surface area contributed by atoms with Crippen LogP contribution >= 0.6 is 28.3 Å². The highest BCUT2D eigenvalue weighted by molar-refractivity contribution is 9.10. The van der Waals surface area contributed by atoms with E-state index >= 15 is 0 Å². The molecule has 0 fully saturated rings. The third-order valence-electron chi connectivity index (χ3n) is 4.23. The van der Waals surface area contributed by atoms with Crippen LogP contribution < -0.4 is 11.1 Å². The number of rotatable bonds is 2. The summed E-state index contributed by atoms with van der Waals surface area (Å²) < 4.78 is 0.917. The second kappa shape index (κ2) is 7.37. The van der Waals surface area contributed by atoms with Gasteiger partial charge in [0, 0.05) is 15.7 Å². The number of amides is 1. The predicted molar refractivity (Wildman–Crippen MR) is 100 cm³/mol. The molecule has 122 valence electrons. The number of halogens is 2. The second-order valence-corrected chi connectivity index (χ2v) is 6.75. The summed E-state index contributed by atoms with van der Waals surface area (Å²) in [5.41, 5.74) is 10.8. The van der Waals surface area contributed by atoms with Gasteiger partial charge in [0.2, 0.25) is 0 Å². The molecule has 3 N–H and O–H groups in total. The highest BCUT2D eigenvalue weighted by atomic mass is 79.9. The number of nitrogens with two attached hydrogens (primary N) is 1. The number of benzene rings is 2. The molecule has 23 heavy (non-hydrogen) atoms. The number of fused-ring (bicyclic) bond motifs is 1. The van der Waals surface area contributed by atoms with Crippen molar-refractivity contribution in [2.45, 2.75) is 32.2 Å². The first-order valence-corrected chi connectivity index (χ1v) is 8.29. The van der Waals surface area contributed by atoms with E-state index in [-0.39, 0.29) is 24.4 Å². The number of carbonyl (C=O) groups is 1. The number of aryl methyl sites for hydroxylation is 2. The molecule has 1 amide bonds. The summed E-state index contributed by atoms with van der Waals surface area (Å²) in [7, 11) is 0. The minimum Gasteiger partial charge on any atom is -0.399 e. The summed E-state index contributed by atoms with van der Waals surface area (Å²) >= 11 is 3.43. The monoisotopic (exact) mass is 394 g/mol. The summed E-state index contributed by atoms with van der Waals surface area (Å²) in [6.45, 7) is 1.96. The number of hydrogen-bond acceptors (Lipinski definition) is 2. The topological polar surface area (TPSA) is 55.1 Å². The van der Waals surface area contributed by atoms with Gasteiger partial charge in [0.1, 0.15) is 0 Å². The minimum absolute atomic E-state index is 0. The molecule has 0 saturated heterocycles. The lowest BCUT2D eigenvalue weighted by atomic mass is 9.87. The Morgan fingerprint density at radius 2 is 2.04 bits per heavy atom. The van der Waals surface area contributed by atoms with Gasteiger partial charge < -0.3 is 11.1 Å². The molecule has 0 spiro atoms. The fraction of sp³-hybridized carbons (Fsp3) is 0.278. The molecule has 1 atom stereocenters. The summed E-state index contributed by atoms with van der Waals surface area (Å²) in [6, 6.07) is 11.8. The maximum absolute atomic E-state index is 12.6. The normalized spacial score (nSPS) is 16.2. The molecule has 1 aliphatic carbocycles. The Hall–Kier alpha value is -1.52. The average Bonchev–Trinajstić information content (AvgIpc) is 2.49. The van der Waals surface area contributed by atoms with Gasteiger partial charge in [-0.2, -0.15) is 0 Å². The van der Waals surface area contributed by atoms with Crippen molar-refractivity contribution in [3.05, 3.63) is 63.1 Å². The van der Waals surface area contributed by atoms with E-state index in [0.717, 1.165) is 40.5 Å². The lowest BCUT2D eigenvalue weighted by Gasteiger charge is -2.27.